The number of nitrogens with one attached hydrogen (secondary N) is 1. The fourth-order valence-electron chi connectivity index (χ4n) is 1.82. The minimum Gasteiger partial charge on any atom is -0.465 e. The van der Waals surface area contributed by atoms with E-state index in [9.17, 15) is 4.79 Å². The second-order valence-electron chi connectivity index (χ2n) is 3.76. The van der Waals surface area contributed by atoms with Crippen molar-refractivity contribution in [1.29, 1.82) is 0 Å². The maximum Gasteiger partial charge on any atom is 0.321 e. The SMILES string of the molecule is CCOC(=O)CN1Cc2ccccc2CN1. The van der Waals surface area contributed by atoms with Crippen LogP contribution in [0.15, 0.2) is 24.3 Å². The predicted molar refractivity (Wildman–Crippen MR) is 60.3 cm³/mol. The molecule has 0 fully saturated rings. The summed E-state index contributed by atoms with van der Waals surface area (Å²) in [5, 5.41) is 1.89. The number of fused-ring (bicyclic) bond motifs is 1. The molecule has 1 aromatic carbocycles. The van der Waals surface area contributed by atoms with Crippen LogP contribution in [0.25, 0.3) is 0 Å². The molecule has 0 saturated heterocycles. The first kappa shape index (κ1) is 11.1. The summed E-state index contributed by atoms with van der Waals surface area (Å²) in [5.41, 5.74) is 5.76. The normalized spacial score (nSPS) is 15.6. The maximum atomic E-state index is 11.3. The van der Waals surface area contributed by atoms with Gasteiger partial charge in [-0.05, 0) is 18.1 Å². The molecule has 0 radical (unpaired) electrons. The van der Waals surface area contributed by atoms with Crippen LogP contribution in [0, 0.1) is 0 Å². The number of benzene rings is 1. The fraction of sp³-hybridized carbons (Fsp3) is 0.417. The standard InChI is InChI=1S/C12H16N2O2/c1-2-16-12(15)9-14-8-11-6-4-3-5-10(11)7-13-14/h3-6,13H,2,7-9H2,1H3. The largest absolute Gasteiger partial charge is 0.465 e. The van der Waals surface area contributed by atoms with Crippen molar-refractivity contribution in [3.8, 4) is 0 Å². The second kappa shape index (κ2) is 5.09. The first-order valence-corrected chi connectivity index (χ1v) is 5.50. The van der Waals surface area contributed by atoms with Crippen molar-refractivity contribution in [2.45, 2.75) is 20.0 Å². The summed E-state index contributed by atoms with van der Waals surface area (Å²) in [7, 11) is 0. The molecule has 0 unspecified atom stereocenters. The van der Waals surface area contributed by atoms with Crippen molar-refractivity contribution < 1.29 is 9.53 Å². The Morgan fingerprint density at radius 1 is 1.44 bits per heavy atom. The monoisotopic (exact) mass is 220 g/mol. The van der Waals surface area contributed by atoms with E-state index in [0.717, 1.165) is 13.1 Å². The lowest BCUT2D eigenvalue weighted by Crippen LogP contribution is -2.44. The molecule has 86 valence electrons. The third-order valence-corrected chi connectivity index (χ3v) is 2.60. The number of ether oxygens (including phenoxy) is 1. The number of nitrogens with zero attached hydrogens (tertiary/aromatic N) is 1. The molecule has 0 aliphatic carbocycles. The summed E-state index contributed by atoms with van der Waals surface area (Å²) in [6, 6.07) is 8.24. The van der Waals surface area contributed by atoms with Gasteiger partial charge in [0.15, 0.2) is 0 Å². The Balaban J connectivity index is 1.95. The third-order valence-electron chi connectivity index (χ3n) is 2.60. The number of hydrazine groups is 1. The Hall–Kier alpha value is -1.39. The zero-order valence-corrected chi connectivity index (χ0v) is 9.40. The molecule has 0 spiro atoms. The van der Waals surface area contributed by atoms with E-state index in [0.29, 0.717) is 13.2 Å². The van der Waals surface area contributed by atoms with E-state index in [1.54, 1.807) is 0 Å². The molecule has 1 aromatic rings. The smallest absolute Gasteiger partial charge is 0.321 e. The van der Waals surface area contributed by atoms with Crippen molar-refractivity contribution in [3.63, 3.8) is 0 Å². The van der Waals surface area contributed by atoms with E-state index in [1.165, 1.54) is 11.1 Å². The van der Waals surface area contributed by atoms with Crippen LogP contribution in [0.2, 0.25) is 0 Å². The van der Waals surface area contributed by atoms with E-state index in [4.69, 9.17) is 4.74 Å². The molecule has 0 amide bonds. The number of carbonyl (C=O) groups is 1. The highest BCUT2D eigenvalue weighted by Crippen LogP contribution is 2.15. The first-order valence-electron chi connectivity index (χ1n) is 5.50. The zero-order chi connectivity index (χ0) is 11.4. The summed E-state index contributed by atoms with van der Waals surface area (Å²) < 4.78 is 4.91. The average Bonchev–Trinajstić information content (AvgIpc) is 2.29. The highest BCUT2D eigenvalue weighted by atomic mass is 16.5. The lowest BCUT2D eigenvalue weighted by molar-refractivity contribution is -0.145. The fourth-order valence-corrected chi connectivity index (χ4v) is 1.82. The van der Waals surface area contributed by atoms with Gasteiger partial charge in [-0.25, -0.2) is 10.4 Å². The minimum absolute atomic E-state index is 0.186. The maximum absolute atomic E-state index is 11.3. The predicted octanol–water partition coefficient (Wildman–Crippen LogP) is 1.07. The third kappa shape index (κ3) is 2.59. The molecule has 4 heteroatoms. The molecule has 1 aliphatic rings. The molecule has 16 heavy (non-hydrogen) atoms. The van der Waals surface area contributed by atoms with Crippen LogP contribution in [0.4, 0.5) is 0 Å². The molecule has 1 heterocycles. The van der Waals surface area contributed by atoms with E-state index in [-0.39, 0.29) is 5.97 Å². The van der Waals surface area contributed by atoms with Crippen molar-refractivity contribution in [2.24, 2.45) is 0 Å². The van der Waals surface area contributed by atoms with Gasteiger partial charge in [-0.15, -0.1) is 0 Å². The van der Waals surface area contributed by atoms with Crippen LogP contribution in [0.5, 0.6) is 0 Å². The van der Waals surface area contributed by atoms with Crippen LogP contribution in [-0.4, -0.2) is 24.1 Å². The quantitative estimate of drug-likeness (QED) is 0.774. The van der Waals surface area contributed by atoms with E-state index < -0.39 is 0 Å². The van der Waals surface area contributed by atoms with Gasteiger partial charge in [0.05, 0.1) is 6.61 Å². The molecule has 1 aliphatic heterocycles. The summed E-state index contributed by atoms with van der Waals surface area (Å²) in [5.74, 6) is -0.186. The Morgan fingerprint density at radius 3 is 2.94 bits per heavy atom. The Labute approximate surface area is 95.2 Å². The molecule has 2 rings (SSSR count). The van der Waals surface area contributed by atoms with Gasteiger partial charge >= 0.3 is 5.97 Å². The molecule has 1 N–H and O–H groups in total. The van der Waals surface area contributed by atoms with E-state index in [2.05, 4.69) is 17.6 Å². The lowest BCUT2D eigenvalue weighted by atomic mass is 10.1. The Kier molecular flexibility index (Phi) is 3.54. The van der Waals surface area contributed by atoms with Crippen molar-refractivity contribution in [1.82, 2.24) is 10.4 Å². The molecule has 0 atom stereocenters. The second-order valence-corrected chi connectivity index (χ2v) is 3.76. The molecule has 0 saturated carbocycles. The number of hydrogen-bond acceptors (Lipinski definition) is 4. The summed E-state index contributed by atoms with van der Waals surface area (Å²) in [6.07, 6.45) is 0. The van der Waals surface area contributed by atoms with E-state index in [1.807, 2.05) is 24.1 Å². The number of rotatable bonds is 3. The minimum atomic E-state index is -0.186. The Bertz CT molecular complexity index is 379. The van der Waals surface area contributed by atoms with E-state index >= 15 is 0 Å². The highest BCUT2D eigenvalue weighted by Gasteiger charge is 2.17. The van der Waals surface area contributed by atoms with Gasteiger partial charge in [-0.1, -0.05) is 24.3 Å². The Morgan fingerprint density at radius 2 is 2.19 bits per heavy atom. The van der Waals surface area contributed by atoms with Crippen LogP contribution in [0.3, 0.4) is 0 Å². The summed E-state index contributed by atoms with van der Waals surface area (Å²) >= 11 is 0. The number of hydrogen-bond donors (Lipinski definition) is 1. The van der Waals surface area contributed by atoms with Crippen molar-refractivity contribution >= 4 is 5.97 Å². The van der Waals surface area contributed by atoms with Gasteiger partial charge in [-0.2, -0.15) is 0 Å². The van der Waals surface area contributed by atoms with Gasteiger partial charge in [0.2, 0.25) is 0 Å². The van der Waals surface area contributed by atoms with Crippen molar-refractivity contribution in [3.05, 3.63) is 35.4 Å². The van der Waals surface area contributed by atoms with Crippen LogP contribution < -0.4 is 5.43 Å². The molecule has 0 bridgehead atoms. The van der Waals surface area contributed by atoms with Gasteiger partial charge in [0.25, 0.3) is 0 Å². The molecule has 0 aromatic heterocycles. The van der Waals surface area contributed by atoms with Crippen LogP contribution in [0.1, 0.15) is 18.1 Å². The van der Waals surface area contributed by atoms with Gasteiger partial charge in [0, 0.05) is 13.1 Å². The topological polar surface area (TPSA) is 41.6 Å². The number of esters is 1. The van der Waals surface area contributed by atoms with Gasteiger partial charge in [-0.3, -0.25) is 4.79 Å². The molecular weight excluding hydrogens is 204 g/mol. The first-order chi connectivity index (χ1) is 7.79. The van der Waals surface area contributed by atoms with Gasteiger partial charge in [0.1, 0.15) is 6.54 Å². The molecular formula is C12H16N2O2. The van der Waals surface area contributed by atoms with Crippen LogP contribution >= 0.6 is 0 Å². The lowest BCUT2D eigenvalue weighted by Gasteiger charge is -2.28. The van der Waals surface area contributed by atoms with Crippen LogP contribution in [-0.2, 0) is 22.6 Å². The zero-order valence-electron chi connectivity index (χ0n) is 9.40. The average molecular weight is 220 g/mol. The number of carbonyl (C=O) groups excluding carboxylic acids is 1. The summed E-state index contributed by atoms with van der Waals surface area (Å²) in [6.45, 7) is 4.06. The molecule has 4 nitrogen and oxygen atoms in total. The van der Waals surface area contributed by atoms with Crippen molar-refractivity contribution in [2.75, 3.05) is 13.2 Å². The summed E-state index contributed by atoms with van der Waals surface area (Å²) in [4.78, 5) is 11.3. The highest BCUT2D eigenvalue weighted by molar-refractivity contribution is 5.71. The van der Waals surface area contributed by atoms with Gasteiger partial charge < -0.3 is 4.74 Å².